The van der Waals surface area contributed by atoms with Crippen LogP contribution in [-0.4, -0.2) is 132 Å². The van der Waals surface area contributed by atoms with Crippen molar-refractivity contribution >= 4 is 11.9 Å². The molecule has 17 heteroatoms. The molecule has 4 rings (SSSR count). The predicted octanol–water partition coefficient (Wildman–Crippen LogP) is -4.11. The highest BCUT2D eigenvalue weighted by molar-refractivity contribution is 5.87. The van der Waals surface area contributed by atoms with E-state index in [1.165, 1.54) is 14.0 Å². The number of nitrogens with two attached hydrogens (primary N) is 5. The summed E-state index contributed by atoms with van der Waals surface area (Å²) in [6.07, 6.45) is -2.38. The van der Waals surface area contributed by atoms with Crippen LogP contribution >= 0.6 is 0 Å². The Kier molecular flexibility index (Phi) is 13.8. The third-order valence-corrected chi connectivity index (χ3v) is 8.27. The molecule has 2 aliphatic heterocycles. The number of allylic oxidation sites excluding steroid dienone is 1. The molecule has 2 heterocycles. The largest absolute Gasteiger partial charge is 0.468 e. The van der Waals surface area contributed by atoms with Crippen LogP contribution in [0.2, 0.25) is 0 Å². The molecule has 45 heavy (non-hydrogen) atoms. The first-order valence-corrected chi connectivity index (χ1v) is 15.5. The number of rotatable bonds is 12. The molecule has 2 saturated carbocycles. The maximum atomic E-state index is 13.2. The van der Waals surface area contributed by atoms with E-state index in [4.69, 9.17) is 41.9 Å². The average molecular weight is 647 g/mol. The number of nitrogens with one attached hydrogen (secondary N) is 2. The number of carbonyl (C=O) groups excluding carboxylic acids is 1. The number of amides is 1. The minimum atomic E-state index is -1.72. The molecule has 0 bridgehead atoms. The number of guanidine groups is 1. The second-order valence-electron chi connectivity index (χ2n) is 12.4. The molecule has 16 N–H and O–H groups in total. The van der Waals surface area contributed by atoms with Gasteiger partial charge in [-0.2, -0.15) is 0 Å². The van der Waals surface area contributed by atoms with Crippen molar-refractivity contribution in [1.29, 1.82) is 0 Å². The molecule has 17 nitrogen and oxygen atoms in total. The van der Waals surface area contributed by atoms with Gasteiger partial charge in [0.05, 0.1) is 30.8 Å². The summed E-state index contributed by atoms with van der Waals surface area (Å²) in [4.78, 5) is 17.2. The van der Waals surface area contributed by atoms with Gasteiger partial charge in [0.1, 0.15) is 35.8 Å². The van der Waals surface area contributed by atoms with E-state index in [0.717, 1.165) is 13.0 Å². The highest BCUT2D eigenvalue weighted by atomic mass is 16.7. The summed E-state index contributed by atoms with van der Waals surface area (Å²) in [5.74, 6) is -0.109. The third-order valence-electron chi connectivity index (χ3n) is 8.27. The summed E-state index contributed by atoms with van der Waals surface area (Å²) < 4.78 is 23.9. The predicted molar refractivity (Wildman–Crippen MR) is 164 cm³/mol. The number of nitrogens with zero attached hydrogens (tertiary/aromatic N) is 1. The average Bonchev–Trinajstić information content (AvgIpc) is 2.96. The minimum absolute atomic E-state index is 0.0187. The number of ether oxygens (including phenoxy) is 4. The van der Waals surface area contributed by atoms with Gasteiger partial charge in [-0.25, -0.2) is 0 Å². The van der Waals surface area contributed by atoms with Crippen molar-refractivity contribution in [2.75, 3.05) is 33.3 Å². The summed E-state index contributed by atoms with van der Waals surface area (Å²) in [5, 5.41) is 49.4. The van der Waals surface area contributed by atoms with Crippen molar-refractivity contribution in [3.63, 3.8) is 0 Å². The monoisotopic (exact) mass is 646 g/mol. The molecule has 0 radical (unpaired) electrons. The van der Waals surface area contributed by atoms with Crippen molar-refractivity contribution in [3.05, 3.63) is 11.8 Å². The van der Waals surface area contributed by atoms with E-state index in [0.29, 0.717) is 31.7 Å². The van der Waals surface area contributed by atoms with Crippen LogP contribution in [-0.2, 0) is 23.7 Å². The number of carbonyl (C=O) groups is 1. The standard InChI is InChI=1S/C27H49N7O9.CH5N/c1-26(38)11-18(35)23(40-13-26)43-22-17(34-24(37)27(39)9-14(10-27)33-25(30)31)8-16(29)21(20(22)36)42-19-5-2-4-15(41-19)12-32-7-3-6-28;1-2/h4,14,16-23,32,35-36,38-39H,2-3,5-13,28-29H2,1H3,(H,34,37)(H4,30,31,33);2H2,1H3/t14?,16?,17?,18?,19-,20?,21-,22+,23?,26-,27?;/m1./s1. The summed E-state index contributed by atoms with van der Waals surface area (Å²) in [6, 6.07) is -2.02. The Labute approximate surface area is 263 Å². The molecule has 9 atom stereocenters. The van der Waals surface area contributed by atoms with Gasteiger partial charge in [0.2, 0.25) is 0 Å². The molecule has 260 valence electrons. The quantitative estimate of drug-likeness (QED) is 0.0545. The van der Waals surface area contributed by atoms with Gasteiger partial charge in [-0.05, 0) is 52.4 Å². The van der Waals surface area contributed by atoms with Crippen LogP contribution in [0.3, 0.4) is 0 Å². The van der Waals surface area contributed by atoms with Crippen LogP contribution in [0.1, 0.15) is 51.9 Å². The second-order valence-corrected chi connectivity index (χ2v) is 12.4. The molecule has 5 unspecified atom stereocenters. The Balaban J connectivity index is 0.00000271. The lowest BCUT2D eigenvalue weighted by Crippen LogP contribution is -2.68. The van der Waals surface area contributed by atoms with Crippen molar-refractivity contribution in [2.45, 2.75) is 118 Å². The van der Waals surface area contributed by atoms with Gasteiger partial charge < -0.3 is 78.7 Å². The number of aliphatic imine (C=N–C) groups is 1. The van der Waals surface area contributed by atoms with Crippen molar-refractivity contribution in [3.8, 4) is 0 Å². The van der Waals surface area contributed by atoms with Gasteiger partial charge in [-0.1, -0.05) is 0 Å². The van der Waals surface area contributed by atoms with Crippen LogP contribution in [0.4, 0.5) is 0 Å². The zero-order chi connectivity index (χ0) is 33.4. The molecule has 1 saturated heterocycles. The molecule has 2 aliphatic carbocycles. The van der Waals surface area contributed by atoms with Crippen molar-refractivity contribution < 1.29 is 44.2 Å². The zero-order valence-electron chi connectivity index (χ0n) is 26.2. The second kappa shape index (κ2) is 16.6. The molecule has 1 amide bonds. The first kappa shape index (κ1) is 37.3. The highest BCUT2D eigenvalue weighted by Gasteiger charge is 2.53. The van der Waals surface area contributed by atoms with Gasteiger partial charge >= 0.3 is 0 Å². The number of hydrogen-bond acceptors (Lipinski definition) is 14. The molecule has 3 fully saturated rings. The Hall–Kier alpha value is -2.16. The van der Waals surface area contributed by atoms with Gasteiger partial charge in [0.25, 0.3) is 5.91 Å². The maximum Gasteiger partial charge on any atom is 0.252 e. The zero-order valence-corrected chi connectivity index (χ0v) is 26.2. The lowest BCUT2D eigenvalue weighted by Gasteiger charge is -2.48. The fourth-order valence-corrected chi connectivity index (χ4v) is 5.99. The Morgan fingerprint density at radius 2 is 1.87 bits per heavy atom. The first-order chi connectivity index (χ1) is 21.3. The summed E-state index contributed by atoms with van der Waals surface area (Å²) in [6.45, 7) is 3.26. The van der Waals surface area contributed by atoms with Crippen molar-refractivity contribution in [1.82, 2.24) is 10.6 Å². The molecular weight excluding hydrogens is 592 g/mol. The highest BCUT2D eigenvalue weighted by Crippen LogP contribution is 2.36. The number of aliphatic hydroxyl groups excluding tert-OH is 2. The molecule has 0 spiro atoms. The molecule has 4 aliphatic rings. The lowest BCUT2D eigenvalue weighted by molar-refractivity contribution is -0.297. The Morgan fingerprint density at radius 1 is 1.16 bits per heavy atom. The first-order valence-electron chi connectivity index (χ1n) is 15.5. The van der Waals surface area contributed by atoms with E-state index in [9.17, 15) is 25.2 Å². The van der Waals surface area contributed by atoms with Gasteiger partial charge in [-0.3, -0.25) is 9.79 Å². The number of aliphatic hydroxyl groups is 4. The topological polar surface area (TPSA) is 301 Å². The smallest absolute Gasteiger partial charge is 0.252 e. The SMILES string of the molecule is CN.C[C@]1(O)COC(O[C@H]2C(NC(=O)C3(O)CC(N=C(N)N)C3)CC(N)[C@@H](O[C@@H]3CCC=C(CNCCCN)O3)C2O)C(O)C1. The molecule has 0 aromatic carbocycles. The van der Waals surface area contributed by atoms with Gasteiger partial charge in [0, 0.05) is 31.7 Å². The summed E-state index contributed by atoms with van der Waals surface area (Å²) >= 11 is 0. The maximum absolute atomic E-state index is 13.2. The van der Waals surface area contributed by atoms with E-state index in [1.54, 1.807) is 0 Å². The van der Waals surface area contributed by atoms with E-state index in [1.807, 2.05) is 6.08 Å². The Morgan fingerprint density at radius 3 is 2.51 bits per heavy atom. The normalized spacial score (nSPS) is 39.7. The lowest BCUT2D eigenvalue weighted by atomic mass is 9.74. The third kappa shape index (κ3) is 10.2. The molecule has 0 aromatic rings. The van der Waals surface area contributed by atoms with Crippen LogP contribution < -0.4 is 39.3 Å². The van der Waals surface area contributed by atoms with Crippen LogP contribution in [0.25, 0.3) is 0 Å². The Bertz CT molecular complexity index is 1010. The van der Waals surface area contributed by atoms with Crippen LogP contribution in [0.15, 0.2) is 16.8 Å². The van der Waals surface area contributed by atoms with Crippen LogP contribution in [0.5, 0.6) is 0 Å². The van der Waals surface area contributed by atoms with E-state index >= 15 is 0 Å². The summed E-state index contributed by atoms with van der Waals surface area (Å²) in [7, 11) is 1.50. The van der Waals surface area contributed by atoms with E-state index in [-0.39, 0.29) is 38.2 Å². The molecule has 0 aromatic heterocycles. The fraction of sp³-hybridized carbons (Fsp3) is 0.857. The van der Waals surface area contributed by atoms with Gasteiger partial charge in [-0.15, -0.1) is 0 Å². The van der Waals surface area contributed by atoms with Crippen LogP contribution in [0, 0.1) is 0 Å². The van der Waals surface area contributed by atoms with Crippen molar-refractivity contribution in [2.24, 2.45) is 33.7 Å². The van der Waals surface area contributed by atoms with Gasteiger partial charge in [0.15, 0.2) is 18.5 Å². The van der Waals surface area contributed by atoms with E-state index in [2.05, 4.69) is 21.4 Å². The minimum Gasteiger partial charge on any atom is -0.468 e. The number of hydrogen-bond donors (Lipinski definition) is 11. The van der Waals surface area contributed by atoms with E-state index < -0.39 is 72.2 Å². The molecular formula is C28H54N8O9. The summed E-state index contributed by atoms with van der Waals surface area (Å²) in [5.41, 5.74) is 24.4. The fourth-order valence-electron chi connectivity index (χ4n) is 5.99.